The monoisotopic (exact) mass is 348 g/mol. The highest BCUT2D eigenvalue weighted by molar-refractivity contribution is 5.73. The first-order valence-corrected chi connectivity index (χ1v) is 8.99. The smallest absolute Gasteiger partial charge is 0.219 e. The van der Waals surface area contributed by atoms with Gasteiger partial charge in [-0.1, -0.05) is 0 Å². The average Bonchev–Trinajstić information content (AvgIpc) is 2.54. The van der Waals surface area contributed by atoms with Crippen LogP contribution >= 0.6 is 0 Å². The van der Waals surface area contributed by atoms with Crippen LogP contribution in [-0.2, 0) is 9.53 Å². The van der Waals surface area contributed by atoms with Crippen LogP contribution in [-0.4, -0.2) is 75.7 Å². The molecule has 0 aliphatic carbocycles. The molecule has 25 heavy (non-hydrogen) atoms. The van der Waals surface area contributed by atoms with Crippen molar-refractivity contribution < 1.29 is 14.6 Å². The fourth-order valence-electron chi connectivity index (χ4n) is 3.75. The molecule has 0 spiro atoms. The highest BCUT2D eigenvalue weighted by atomic mass is 16.5. The lowest BCUT2D eigenvalue weighted by Gasteiger charge is -2.42. The molecule has 0 radical (unpaired) electrons. The average molecular weight is 348 g/mol. The zero-order valence-corrected chi connectivity index (χ0v) is 15.4. The van der Waals surface area contributed by atoms with Crippen molar-refractivity contribution in [3.63, 3.8) is 0 Å². The summed E-state index contributed by atoms with van der Waals surface area (Å²) in [6.45, 7) is 9.46. The number of carbonyl (C=O) groups is 1. The summed E-state index contributed by atoms with van der Waals surface area (Å²) in [5.74, 6) is 0.842. The molecule has 0 unspecified atom stereocenters. The highest BCUT2D eigenvalue weighted by Crippen LogP contribution is 2.27. The number of aromatic nitrogens is 2. The maximum atomic E-state index is 11.5. The van der Waals surface area contributed by atoms with Gasteiger partial charge < -0.3 is 14.7 Å². The second kappa shape index (κ2) is 7.35. The van der Waals surface area contributed by atoms with Crippen LogP contribution in [0.4, 0.5) is 0 Å². The van der Waals surface area contributed by atoms with Crippen LogP contribution in [0.1, 0.15) is 43.1 Å². The number of rotatable bonds is 3. The van der Waals surface area contributed by atoms with Gasteiger partial charge in [-0.05, 0) is 32.8 Å². The Morgan fingerprint density at radius 1 is 1.32 bits per heavy atom. The Bertz CT molecular complexity index is 608. The molecule has 0 bridgehead atoms. The van der Waals surface area contributed by atoms with Crippen molar-refractivity contribution in [1.29, 1.82) is 0 Å². The van der Waals surface area contributed by atoms with Gasteiger partial charge in [-0.25, -0.2) is 9.97 Å². The first kappa shape index (κ1) is 18.2. The second-order valence-corrected chi connectivity index (χ2v) is 7.31. The van der Waals surface area contributed by atoms with Crippen LogP contribution in [0.5, 0.6) is 0 Å². The molecular formula is C18H28N4O3. The van der Waals surface area contributed by atoms with Crippen LogP contribution in [0.15, 0.2) is 6.07 Å². The molecule has 1 atom stereocenters. The minimum Gasteiger partial charge on any atom is -0.388 e. The van der Waals surface area contributed by atoms with Crippen LogP contribution < -0.4 is 0 Å². The fourth-order valence-corrected chi connectivity index (χ4v) is 3.75. The topological polar surface area (TPSA) is 78.8 Å². The van der Waals surface area contributed by atoms with E-state index < -0.39 is 5.60 Å². The number of carbonyl (C=O) groups excluding carboxylic acids is 1. The van der Waals surface area contributed by atoms with Gasteiger partial charge >= 0.3 is 0 Å². The summed E-state index contributed by atoms with van der Waals surface area (Å²) in [6, 6.07) is 1.97. The van der Waals surface area contributed by atoms with Gasteiger partial charge in [-0.3, -0.25) is 9.69 Å². The lowest BCUT2D eigenvalue weighted by Crippen LogP contribution is -2.53. The first-order chi connectivity index (χ1) is 11.8. The molecule has 7 nitrogen and oxygen atoms in total. The maximum Gasteiger partial charge on any atom is 0.219 e. The van der Waals surface area contributed by atoms with Crippen LogP contribution in [0.3, 0.4) is 0 Å². The SMILES string of the molecule is CC(=O)N1CCC(O)(CN2CCO[C@H](c3cc(C)nc(C)n3)C2)CC1. The van der Waals surface area contributed by atoms with E-state index in [9.17, 15) is 9.90 Å². The highest BCUT2D eigenvalue weighted by Gasteiger charge is 2.36. The molecule has 138 valence electrons. The fraction of sp³-hybridized carbons (Fsp3) is 0.722. The number of ether oxygens (including phenoxy) is 1. The van der Waals surface area contributed by atoms with E-state index in [-0.39, 0.29) is 12.0 Å². The molecule has 0 saturated carbocycles. The van der Waals surface area contributed by atoms with Gasteiger partial charge in [0, 0.05) is 45.3 Å². The Balaban J connectivity index is 1.61. The van der Waals surface area contributed by atoms with Crippen molar-refractivity contribution >= 4 is 5.91 Å². The number of hydrogen-bond acceptors (Lipinski definition) is 6. The van der Waals surface area contributed by atoms with Gasteiger partial charge in [-0.15, -0.1) is 0 Å². The summed E-state index contributed by atoms with van der Waals surface area (Å²) in [5.41, 5.74) is 1.12. The Morgan fingerprint density at radius 2 is 2.04 bits per heavy atom. The summed E-state index contributed by atoms with van der Waals surface area (Å²) in [4.78, 5) is 24.4. The summed E-state index contributed by atoms with van der Waals surface area (Å²) in [6.07, 6.45) is 1.16. The Hall–Kier alpha value is -1.57. The van der Waals surface area contributed by atoms with E-state index in [2.05, 4.69) is 14.9 Å². The molecule has 2 aliphatic rings. The normalized spacial score (nSPS) is 24.3. The van der Waals surface area contributed by atoms with Crippen molar-refractivity contribution in [3.05, 3.63) is 23.3 Å². The van der Waals surface area contributed by atoms with E-state index >= 15 is 0 Å². The zero-order chi connectivity index (χ0) is 18.0. The van der Waals surface area contributed by atoms with Gasteiger partial charge in [-0.2, -0.15) is 0 Å². The van der Waals surface area contributed by atoms with E-state index in [0.717, 1.165) is 23.8 Å². The van der Waals surface area contributed by atoms with Crippen LogP contribution in [0, 0.1) is 13.8 Å². The molecule has 1 amide bonds. The Labute approximate surface area is 149 Å². The first-order valence-electron chi connectivity index (χ1n) is 8.99. The summed E-state index contributed by atoms with van der Waals surface area (Å²) >= 11 is 0. The molecule has 1 N–H and O–H groups in total. The number of piperidine rings is 1. The maximum absolute atomic E-state index is 11.5. The number of nitrogens with zero attached hydrogens (tertiary/aromatic N) is 4. The van der Waals surface area contributed by atoms with Gasteiger partial charge in [0.1, 0.15) is 11.9 Å². The number of β-amino-alcohol motifs (C(OH)–C–C–N with tert-alkyl or cyclic N) is 1. The molecule has 3 heterocycles. The van der Waals surface area contributed by atoms with E-state index in [4.69, 9.17) is 4.74 Å². The third kappa shape index (κ3) is 4.54. The molecular weight excluding hydrogens is 320 g/mol. The van der Waals surface area contributed by atoms with Crippen LogP contribution in [0.2, 0.25) is 0 Å². The second-order valence-electron chi connectivity index (χ2n) is 7.31. The van der Waals surface area contributed by atoms with Gasteiger partial charge in [0.25, 0.3) is 0 Å². The van der Waals surface area contributed by atoms with Crippen LogP contribution in [0.25, 0.3) is 0 Å². The van der Waals surface area contributed by atoms with Crippen molar-refractivity contribution in [1.82, 2.24) is 19.8 Å². The van der Waals surface area contributed by atoms with E-state index in [1.165, 1.54) is 0 Å². The summed E-state index contributed by atoms with van der Waals surface area (Å²) in [7, 11) is 0. The van der Waals surface area contributed by atoms with Crippen molar-refractivity contribution in [2.24, 2.45) is 0 Å². The van der Waals surface area contributed by atoms with Crippen molar-refractivity contribution in [2.45, 2.75) is 45.3 Å². The van der Waals surface area contributed by atoms with E-state index in [0.29, 0.717) is 45.6 Å². The van der Waals surface area contributed by atoms with Crippen molar-refractivity contribution in [3.8, 4) is 0 Å². The van der Waals surface area contributed by atoms with Gasteiger partial charge in [0.15, 0.2) is 0 Å². The van der Waals surface area contributed by atoms with Crippen molar-refractivity contribution in [2.75, 3.05) is 39.3 Å². The standard InChI is InChI=1S/C18H28N4O3/c1-13-10-16(20-14(2)19-13)17-11-21(8-9-25-17)12-18(24)4-6-22(7-5-18)15(3)23/h10,17,24H,4-9,11-12H2,1-3H3/t17-/m0/s1. The Kier molecular flexibility index (Phi) is 5.36. The third-order valence-electron chi connectivity index (χ3n) is 5.12. The summed E-state index contributed by atoms with van der Waals surface area (Å²) < 4.78 is 5.91. The van der Waals surface area contributed by atoms with E-state index in [1.807, 2.05) is 24.8 Å². The molecule has 3 rings (SSSR count). The predicted octanol–water partition coefficient (Wildman–Crippen LogP) is 0.840. The van der Waals surface area contributed by atoms with Gasteiger partial charge in [0.2, 0.25) is 5.91 Å². The lowest BCUT2D eigenvalue weighted by atomic mass is 9.90. The lowest BCUT2D eigenvalue weighted by molar-refractivity contribution is -0.134. The number of aryl methyl sites for hydroxylation is 2. The minimum atomic E-state index is -0.731. The molecule has 1 aromatic heterocycles. The molecule has 2 fully saturated rings. The number of hydrogen-bond donors (Lipinski definition) is 1. The summed E-state index contributed by atoms with van der Waals surface area (Å²) in [5, 5.41) is 10.9. The quantitative estimate of drug-likeness (QED) is 0.872. The largest absolute Gasteiger partial charge is 0.388 e. The molecule has 0 aromatic carbocycles. The zero-order valence-electron chi connectivity index (χ0n) is 15.4. The Morgan fingerprint density at radius 3 is 2.68 bits per heavy atom. The molecule has 2 saturated heterocycles. The number of morpholine rings is 1. The van der Waals surface area contributed by atoms with Gasteiger partial charge in [0.05, 0.1) is 17.9 Å². The predicted molar refractivity (Wildman–Crippen MR) is 93.1 cm³/mol. The molecule has 7 heteroatoms. The molecule has 1 aromatic rings. The third-order valence-corrected chi connectivity index (χ3v) is 5.12. The number of aliphatic hydroxyl groups is 1. The number of likely N-dealkylation sites (tertiary alicyclic amines) is 1. The minimum absolute atomic E-state index is 0.0861. The number of amides is 1. The van der Waals surface area contributed by atoms with E-state index in [1.54, 1.807) is 6.92 Å². The molecule has 2 aliphatic heterocycles.